The second-order valence-electron chi connectivity index (χ2n) is 3.85. The Morgan fingerprint density at radius 3 is 2.88 bits per heavy atom. The number of nitrogens with one attached hydrogen (secondary N) is 1. The van der Waals surface area contributed by atoms with Gasteiger partial charge in [0, 0.05) is 25.6 Å². The number of nitrogens with two attached hydrogens (primary N) is 1. The number of aryl methyl sites for hydroxylation is 1. The normalized spacial score (nSPS) is 12.4. The minimum Gasteiger partial charge on any atom is -0.384 e. The molecule has 5 heteroatoms. The van der Waals surface area contributed by atoms with E-state index in [1.165, 1.54) is 0 Å². The maximum atomic E-state index is 5.72. The molecule has 1 aromatic heterocycles. The molecule has 1 unspecified atom stereocenters. The summed E-state index contributed by atoms with van der Waals surface area (Å²) in [6, 6.07) is 1.94. The fourth-order valence-corrected chi connectivity index (χ4v) is 1.47. The second kappa shape index (κ2) is 6.27. The van der Waals surface area contributed by atoms with Crippen LogP contribution in [0.1, 0.15) is 26.1 Å². The third kappa shape index (κ3) is 4.02. The van der Waals surface area contributed by atoms with Gasteiger partial charge in [0.15, 0.2) is 0 Å². The summed E-state index contributed by atoms with van der Waals surface area (Å²) in [6.45, 7) is 4.75. The van der Waals surface area contributed by atoms with E-state index in [1.54, 1.807) is 13.2 Å². The Kier molecular flexibility index (Phi) is 4.98. The number of ether oxygens (including phenoxy) is 1. The van der Waals surface area contributed by atoms with Crippen molar-refractivity contribution in [3.05, 3.63) is 11.9 Å². The second-order valence-corrected chi connectivity index (χ2v) is 3.85. The first-order valence-corrected chi connectivity index (χ1v) is 5.54. The van der Waals surface area contributed by atoms with Crippen molar-refractivity contribution < 1.29 is 4.74 Å². The maximum absolute atomic E-state index is 5.72. The summed E-state index contributed by atoms with van der Waals surface area (Å²) < 4.78 is 5.05. The summed E-state index contributed by atoms with van der Waals surface area (Å²) in [7, 11) is 1.68. The molecule has 0 aromatic carbocycles. The van der Waals surface area contributed by atoms with Gasteiger partial charge in [0.25, 0.3) is 0 Å². The molecule has 1 atom stereocenters. The highest BCUT2D eigenvalue weighted by Crippen LogP contribution is 2.10. The molecule has 0 amide bonds. The molecule has 90 valence electrons. The van der Waals surface area contributed by atoms with Crippen LogP contribution in [-0.4, -0.2) is 29.7 Å². The third-order valence-corrected chi connectivity index (χ3v) is 2.08. The molecule has 16 heavy (non-hydrogen) atoms. The number of aromatic nitrogens is 2. The fourth-order valence-electron chi connectivity index (χ4n) is 1.47. The highest BCUT2D eigenvalue weighted by molar-refractivity contribution is 5.45. The first kappa shape index (κ1) is 12.7. The molecule has 0 fully saturated rings. The van der Waals surface area contributed by atoms with E-state index in [4.69, 9.17) is 10.5 Å². The quantitative estimate of drug-likeness (QED) is 0.765. The SMILES string of the molecule is CCCc1nc(N)cc(NC(C)COC)n1. The van der Waals surface area contributed by atoms with Gasteiger partial charge < -0.3 is 15.8 Å². The molecule has 0 aliphatic rings. The standard InChI is InChI=1S/C11H20N4O/c1-4-5-10-14-9(12)6-11(15-10)13-8(2)7-16-3/h6,8H,4-5,7H2,1-3H3,(H3,12,13,14,15). The molecule has 0 aliphatic carbocycles. The van der Waals surface area contributed by atoms with Gasteiger partial charge in [0.1, 0.15) is 17.5 Å². The van der Waals surface area contributed by atoms with E-state index >= 15 is 0 Å². The molecule has 0 aliphatic heterocycles. The maximum Gasteiger partial charge on any atom is 0.133 e. The van der Waals surface area contributed by atoms with Crippen LogP contribution in [0.15, 0.2) is 6.07 Å². The number of hydrogen-bond donors (Lipinski definition) is 2. The lowest BCUT2D eigenvalue weighted by Crippen LogP contribution is -2.22. The number of hydrogen-bond acceptors (Lipinski definition) is 5. The predicted octanol–water partition coefficient (Wildman–Crippen LogP) is 1.46. The third-order valence-electron chi connectivity index (χ3n) is 2.08. The monoisotopic (exact) mass is 224 g/mol. The average molecular weight is 224 g/mol. The van der Waals surface area contributed by atoms with E-state index < -0.39 is 0 Å². The molecule has 0 bridgehead atoms. The Bertz CT molecular complexity index is 330. The number of nitrogens with zero attached hydrogens (tertiary/aromatic N) is 2. The van der Waals surface area contributed by atoms with Gasteiger partial charge in [0.2, 0.25) is 0 Å². The van der Waals surface area contributed by atoms with Crippen LogP contribution in [0.25, 0.3) is 0 Å². The highest BCUT2D eigenvalue weighted by atomic mass is 16.5. The zero-order chi connectivity index (χ0) is 12.0. The van der Waals surface area contributed by atoms with Crippen LogP contribution in [0.3, 0.4) is 0 Å². The van der Waals surface area contributed by atoms with Crippen molar-refractivity contribution in [2.45, 2.75) is 32.7 Å². The molecule has 1 rings (SSSR count). The highest BCUT2D eigenvalue weighted by Gasteiger charge is 2.05. The van der Waals surface area contributed by atoms with Crippen molar-refractivity contribution in [2.24, 2.45) is 0 Å². The summed E-state index contributed by atoms with van der Waals surface area (Å²) in [4.78, 5) is 8.56. The van der Waals surface area contributed by atoms with E-state index in [9.17, 15) is 0 Å². The Labute approximate surface area is 96.4 Å². The first-order chi connectivity index (χ1) is 7.65. The summed E-state index contributed by atoms with van der Waals surface area (Å²) in [5.74, 6) is 2.06. The van der Waals surface area contributed by atoms with Gasteiger partial charge in [0.05, 0.1) is 6.61 Å². The minimum absolute atomic E-state index is 0.203. The number of methoxy groups -OCH3 is 1. The van der Waals surface area contributed by atoms with Crippen LogP contribution in [-0.2, 0) is 11.2 Å². The van der Waals surface area contributed by atoms with Gasteiger partial charge in [-0.25, -0.2) is 9.97 Å². The molecular formula is C11H20N4O. The molecule has 3 N–H and O–H groups in total. The Morgan fingerprint density at radius 2 is 2.25 bits per heavy atom. The Balaban J connectivity index is 2.71. The first-order valence-electron chi connectivity index (χ1n) is 5.54. The van der Waals surface area contributed by atoms with Crippen LogP contribution in [0.5, 0.6) is 0 Å². The topological polar surface area (TPSA) is 73.1 Å². The van der Waals surface area contributed by atoms with Gasteiger partial charge in [-0.15, -0.1) is 0 Å². The molecule has 0 spiro atoms. The van der Waals surface area contributed by atoms with E-state index in [-0.39, 0.29) is 6.04 Å². The fraction of sp³-hybridized carbons (Fsp3) is 0.636. The Morgan fingerprint density at radius 1 is 1.50 bits per heavy atom. The largest absolute Gasteiger partial charge is 0.384 e. The van der Waals surface area contributed by atoms with Crippen LogP contribution in [0, 0.1) is 0 Å². The lowest BCUT2D eigenvalue weighted by molar-refractivity contribution is 0.190. The van der Waals surface area contributed by atoms with Gasteiger partial charge in [-0.1, -0.05) is 6.92 Å². The van der Waals surface area contributed by atoms with E-state index in [0.717, 1.165) is 24.5 Å². The minimum atomic E-state index is 0.203. The molecule has 0 saturated carbocycles. The van der Waals surface area contributed by atoms with Crippen molar-refractivity contribution in [2.75, 3.05) is 24.8 Å². The smallest absolute Gasteiger partial charge is 0.133 e. The van der Waals surface area contributed by atoms with Crippen molar-refractivity contribution in [3.8, 4) is 0 Å². The lowest BCUT2D eigenvalue weighted by atomic mass is 10.3. The molecule has 5 nitrogen and oxygen atoms in total. The van der Waals surface area contributed by atoms with Crippen molar-refractivity contribution >= 4 is 11.6 Å². The van der Waals surface area contributed by atoms with Gasteiger partial charge in [-0.2, -0.15) is 0 Å². The molecular weight excluding hydrogens is 204 g/mol. The zero-order valence-electron chi connectivity index (χ0n) is 10.2. The van der Waals surface area contributed by atoms with Crippen LogP contribution >= 0.6 is 0 Å². The zero-order valence-corrected chi connectivity index (χ0v) is 10.2. The molecule has 0 saturated heterocycles. The Hall–Kier alpha value is -1.36. The molecule has 1 heterocycles. The van der Waals surface area contributed by atoms with Crippen molar-refractivity contribution in [3.63, 3.8) is 0 Å². The van der Waals surface area contributed by atoms with E-state index in [0.29, 0.717) is 12.4 Å². The van der Waals surface area contributed by atoms with Gasteiger partial charge in [-0.05, 0) is 13.3 Å². The van der Waals surface area contributed by atoms with Crippen molar-refractivity contribution in [1.82, 2.24) is 9.97 Å². The summed E-state index contributed by atoms with van der Waals surface area (Å²) in [5, 5.41) is 3.23. The van der Waals surface area contributed by atoms with E-state index in [2.05, 4.69) is 22.2 Å². The lowest BCUT2D eigenvalue weighted by Gasteiger charge is -2.14. The summed E-state index contributed by atoms with van der Waals surface area (Å²) in [5.41, 5.74) is 5.72. The molecule has 0 radical (unpaired) electrons. The van der Waals surface area contributed by atoms with Gasteiger partial charge in [-0.3, -0.25) is 0 Å². The van der Waals surface area contributed by atoms with Crippen LogP contribution < -0.4 is 11.1 Å². The predicted molar refractivity (Wildman–Crippen MR) is 65.4 cm³/mol. The average Bonchev–Trinajstić information content (AvgIpc) is 2.17. The number of nitrogen functional groups attached to an aromatic ring is 1. The van der Waals surface area contributed by atoms with Crippen LogP contribution in [0.4, 0.5) is 11.6 Å². The van der Waals surface area contributed by atoms with Crippen LogP contribution in [0.2, 0.25) is 0 Å². The molecule has 1 aromatic rings. The van der Waals surface area contributed by atoms with Gasteiger partial charge >= 0.3 is 0 Å². The summed E-state index contributed by atoms with van der Waals surface area (Å²) in [6.07, 6.45) is 1.86. The number of anilines is 2. The van der Waals surface area contributed by atoms with E-state index in [1.807, 2.05) is 6.92 Å². The van der Waals surface area contributed by atoms with Crippen molar-refractivity contribution in [1.29, 1.82) is 0 Å². The summed E-state index contributed by atoms with van der Waals surface area (Å²) >= 11 is 0. The number of rotatable bonds is 6.